The van der Waals surface area contributed by atoms with Gasteiger partial charge in [0.1, 0.15) is 23.1 Å². The van der Waals surface area contributed by atoms with Crippen molar-refractivity contribution >= 4 is 29.1 Å². The fraction of sp³-hybridized carbons (Fsp3) is 0.286. The van der Waals surface area contributed by atoms with Gasteiger partial charge in [-0.3, -0.25) is 0 Å². The Morgan fingerprint density at radius 1 is 1.19 bits per heavy atom. The largest absolute Gasteiger partial charge is 0.497 e. The molecule has 0 fully saturated rings. The van der Waals surface area contributed by atoms with E-state index in [1.54, 1.807) is 26.4 Å². The molecule has 2 aromatic rings. The summed E-state index contributed by atoms with van der Waals surface area (Å²) in [5, 5.41) is 3.84. The van der Waals surface area contributed by atoms with Crippen molar-refractivity contribution in [3.63, 3.8) is 0 Å². The quantitative estimate of drug-likeness (QED) is 0.627. The second-order valence-electron chi connectivity index (χ2n) is 4.08. The van der Waals surface area contributed by atoms with Crippen LogP contribution < -0.4 is 20.5 Å². The van der Waals surface area contributed by atoms with E-state index in [4.69, 9.17) is 15.2 Å². The molecule has 21 heavy (non-hydrogen) atoms. The lowest BCUT2D eigenvalue weighted by Crippen LogP contribution is -2.01. The van der Waals surface area contributed by atoms with Crippen LogP contribution >= 0.6 is 11.8 Å². The lowest BCUT2D eigenvalue weighted by Gasteiger charge is -2.12. The molecule has 1 aromatic carbocycles. The second-order valence-corrected chi connectivity index (χ2v) is 5.32. The molecular weight excluding hydrogens is 288 g/mol. The molecule has 0 amide bonds. The number of thioether (sulfide) groups is 1. The van der Waals surface area contributed by atoms with E-state index in [0.717, 1.165) is 17.2 Å². The first-order valence-corrected chi connectivity index (χ1v) is 7.41. The maximum Gasteiger partial charge on any atom is 0.191 e. The van der Waals surface area contributed by atoms with E-state index in [9.17, 15) is 0 Å². The van der Waals surface area contributed by atoms with E-state index in [1.807, 2.05) is 19.1 Å². The lowest BCUT2D eigenvalue weighted by molar-refractivity contribution is 0.395. The number of aromatic nitrogens is 2. The molecule has 0 aliphatic heterocycles. The Labute approximate surface area is 128 Å². The van der Waals surface area contributed by atoms with Crippen molar-refractivity contribution in [3.8, 4) is 11.5 Å². The first-order chi connectivity index (χ1) is 10.2. The van der Waals surface area contributed by atoms with E-state index in [-0.39, 0.29) is 0 Å². The van der Waals surface area contributed by atoms with Gasteiger partial charge in [0.15, 0.2) is 5.16 Å². The molecule has 3 N–H and O–H groups in total. The van der Waals surface area contributed by atoms with Gasteiger partial charge in [-0.1, -0.05) is 18.7 Å². The van der Waals surface area contributed by atoms with E-state index in [1.165, 1.54) is 11.8 Å². The first kappa shape index (κ1) is 15.2. The zero-order valence-electron chi connectivity index (χ0n) is 12.2. The molecule has 2 rings (SSSR count). The van der Waals surface area contributed by atoms with Crippen molar-refractivity contribution in [2.75, 3.05) is 31.0 Å². The third kappa shape index (κ3) is 3.91. The molecule has 7 heteroatoms. The Balaban J connectivity index is 2.29. The fourth-order valence-electron chi connectivity index (χ4n) is 1.74. The molecule has 0 atom stereocenters. The van der Waals surface area contributed by atoms with Crippen LogP contribution in [0.1, 0.15) is 6.92 Å². The zero-order chi connectivity index (χ0) is 15.2. The summed E-state index contributed by atoms with van der Waals surface area (Å²) in [7, 11) is 3.22. The van der Waals surface area contributed by atoms with Gasteiger partial charge in [-0.2, -0.15) is 0 Å². The number of benzene rings is 1. The first-order valence-electron chi connectivity index (χ1n) is 6.42. The van der Waals surface area contributed by atoms with E-state index in [2.05, 4.69) is 15.3 Å². The summed E-state index contributed by atoms with van der Waals surface area (Å²) in [4.78, 5) is 8.58. The normalized spacial score (nSPS) is 10.2. The monoisotopic (exact) mass is 306 g/mol. The fourth-order valence-corrected chi connectivity index (χ4v) is 2.33. The molecule has 6 nitrogen and oxygen atoms in total. The van der Waals surface area contributed by atoms with Gasteiger partial charge in [0.25, 0.3) is 0 Å². The van der Waals surface area contributed by atoms with E-state index < -0.39 is 0 Å². The van der Waals surface area contributed by atoms with Gasteiger partial charge in [-0.05, 0) is 17.9 Å². The van der Waals surface area contributed by atoms with Gasteiger partial charge in [0, 0.05) is 12.1 Å². The number of ether oxygens (including phenoxy) is 2. The molecule has 0 aliphatic carbocycles. The van der Waals surface area contributed by atoms with Crippen molar-refractivity contribution < 1.29 is 9.47 Å². The van der Waals surface area contributed by atoms with Crippen LogP contribution in [0.5, 0.6) is 11.5 Å². The van der Waals surface area contributed by atoms with Crippen LogP contribution in [0, 0.1) is 0 Å². The molecule has 0 radical (unpaired) electrons. The van der Waals surface area contributed by atoms with Gasteiger partial charge in [-0.25, -0.2) is 9.97 Å². The van der Waals surface area contributed by atoms with Crippen LogP contribution in [0.2, 0.25) is 0 Å². The minimum atomic E-state index is 0.427. The smallest absolute Gasteiger partial charge is 0.191 e. The highest BCUT2D eigenvalue weighted by atomic mass is 32.2. The topological polar surface area (TPSA) is 82.3 Å². The van der Waals surface area contributed by atoms with Crippen molar-refractivity contribution in [2.24, 2.45) is 0 Å². The predicted molar refractivity (Wildman–Crippen MR) is 85.7 cm³/mol. The number of nitrogens with zero attached hydrogens (tertiary/aromatic N) is 2. The number of anilines is 3. The summed E-state index contributed by atoms with van der Waals surface area (Å²) in [5.41, 5.74) is 6.59. The lowest BCUT2D eigenvalue weighted by atomic mass is 10.2. The number of nitrogen functional groups attached to an aromatic ring is 1. The van der Waals surface area contributed by atoms with Gasteiger partial charge < -0.3 is 20.5 Å². The van der Waals surface area contributed by atoms with Gasteiger partial charge in [0.2, 0.25) is 0 Å². The molecule has 0 bridgehead atoms. The third-order valence-electron chi connectivity index (χ3n) is 2.67. The summed E-state index contributed by atoms with van der Waals surface area (Å²) in [6.45, 7) is 2.04. The molecule has 0 aliphatic rings. The Morgan fingerprint density at radius 3 is 2.67 bits per heavy atom. The van der Waals surface area contributed by atoms with Gasteiger partial charge in [0.05, 0.1) is 19.9 Å². The Kier molecular flexibility index (Phi) is 5.10. The molecule has 0 saturated carbocycles. The van der Waals surface area contributed by atoms with Crippen LogP contribution in [-0.4, -0.2) is 29.9 Å². The summed E-state index contributed by atoms with van der Waals surface area (Å²) in [6.07, 6.45) is 0. The number of hydrogen-bond donors (Lipinski definition) is 2. The van der Waals surface area contributed by atoms with Crippen LogP contribution in [0.15, 0.2) is 29.4 Å². The molecule has 0 spiro atoms. The maximum atomic E-state index is 5.80. The molecule has 1 heterocycles. The third-order valence-corrected chi connectivity index (χ3v) is 3.40. The minimum absolute atomic E-state index is 0.427. The Bertz CT molecular complexity index is 622. The maximum absolute atomic E-state index is 5.80. The van der Waals surface area contributed by atoms with Crippen molar-refractivity contribution in [3.05, 3.63) is 24.3 Å². The Morgan fingerprint density at radius 2 is 2.00 bits per heavy atom. The van der Waals surface area contributed by atoms with Crippen LogP contribution in [-0.2, 0) is 0 Å². The summed E-state index contributed by atoms with van der Waals surface area (Å²) in [6, 6.07) is 7.19. The number of methoxy groups -OCH3 is 2. The number of nitrogens with one attached hydrogen (secondary N) is 1. The molecule has 1 aromatic heterocycles. The van der Waals surface area contributed by atoms with Crippen molar-refractivity contribution in [1.82, 2.24) is 9.97 Å². The number of rotatable bonds is 6. The van der Waals surface area contributed by atoms with Crippen LogP contribution in [0.3, 0.4) is 0 Å². The summed E-state index contributed by atoms with van der Waals surface area (Å²) < 4.78 is 10.5. The van der Waals surface area contributed by atoms with Crippen LogP contribution in [0.25, 0.3) is 0 Å². The number of hydrogen-bond acceptors (Lipinski definition) is 7. The van der Waals surface area contributed by atoms with Gasteiger partial charge in [-0.15, -0.1) is 0 Å². The zero-order valence-corrected chi connectivity index (χ0v) is 13.0. The molecule has 0 saturated heterocycles. The molecular formula is C14H18N4O2S. The average molecular weight is 306 g/mol. The SMILES string of the molecule is CCSc1nc(N)cc(Nc2ccc(OC)cc2OC)n1. The highest BCUT2D eigenvalue weighted by Crippen LogP contribution is 2.31. The highest BCUT2D eigenvalue weighted by Gasteiger charge is 2.08. The highest BCUT2D eigenvalue weighted by molar-refractivity contribution is 7.99. The average Bonchev–Trinajstić information content (AvgIpc) is 2.47. The summed E-state index contributed by atoms with van der Waals surface area (Å²) >= 11 is 1.54. The predicted octanol–water partition coefficient (Wildman–Crippen LogP) is 2.93. The van der Waals surface area contributed by atoms with Crippen LogP contribution in [0.4, 0.5) is 17.3 Å². The van der Waals surface area contributed by atoms with Gasteiger partial charge >= 0.3 is 0 Å². The van der Waals surface area contributed by atoms with Crippen molar-refractivity contribution in [2.45, 2.75) is 12.1 Å². The van der Waals surface area contributed by atoms with E-state index >= 15 is 0 Å². The molecule has 112 valence electrons. The standard InChI is InChI=1S/C14H18N4O2S/c1-4-21-14-17-12(15)8-13(18-14)16-10-6-5-9(19-2)7-11(10)20-3/h5-8H,4H2,1-3H3,(H3,15,16,17,18). The minimum Gasteiger partial charge on any atom is -0.497 e. The second kappa shape index (κ2) is 7.03. The Hall–Kier alpha value is -2.15. The van der Waals surface area contributed by atoms with E-state index in [0.29, 0.717) is 22.5 Å². The summed E-state index contributed by atoms with van der Waals surface area (Å²) in [5.74, 6) is 3.32. The van der Waals surface area contributed by atoms with Crippen molar-refractivity contribution in [1.29, 1.82) is 0 Å². The molecule has 0 unspecified atom stereocenters. The number of nitrogens with two attached hydrogens (primary N) is 1.